The fourth-order valence-electron chi connectivity index (χ4n) is 1.88. The number of hydrogen-bond acceptors (Lipinski definition) is 3. The van der Waals surface area contributed by atoms with Crippen LogP contribution < -0.4 is 15.8 Å². The summed E-state index contributed by atoms with van der Waals surface area (Å²) in [7, 11) is 0. The van der Waals surface area contributed by atoms with Gasteiger partial charge in [0, 0.05) is 17.7 Å². The van der Waals surface area contributed by atoms with E-state index in [1.165, 1.54) is 0 Å². The van der Waals surface area contributed by atoms with E-state index in [1.807, 2.05) is 30.3 Å². The highest BCUT2D eigenvalue weighted by Gasteiger charge is 2.04. The molecule has 0 bridgehead atoms. The predicted octanol–water partition coefficient (Wildman–Crippen LogP) is 2.58. The minimum absolute atomic E-state index is 0.0940. The van der Waals surface area contributed by atoms with Crippen molar-refractivity contribution in [2.75, 3.05) is 11.9 Å². The molecule has 3 N–H and O–H groups in total. The fourth-order valence-corrected chi connectivity index (χ4v) is 1.88. The van der Waals surface area contributed by atoms with E-state index in [4.69, 9.17) is 10.5 Å². The Balaban J connectivity index is 1.70. The number of anilines is 1. The van der Waals surface area contributed by atoms with E-state index < -0.39 is 5.91 Å². The van der Waals surface area contributed by atoms with E-state index in [-0.39, 0.29) is 5.91 Å². The number of carbonyl (C=O) groups excluding carboxylic acids is 2. The molecular weight excluding hydrogens is 280 g/mol. The van der Waals surface area contributed by atoms with Gasteiger partial charge in [-0.25, -0.2) is 0 Å². The number of carbonyl (C=O) groups is 2. The number of benzene rings is 2. The number of ether oxygens (including phenoxy) is 1. The van der Waals surface area contributed by atoms with Gasteiger partial charge in [-0.15, -0.1) is 0 Å². The predicted molar refractivity (Wildman–Crippen MR) is 84.8 cm³/mol. The lowest BCUT2D eigenvalue weighted by Gasteiger charge is -2.07. The maximum absolute atomic E-state index is 11.8. The molecule has 0 spiro atoms. The lowest BCUT2D eigenvalue weighted by molar-refractivity contribution is -0.116. The topological polar surface area (TPSA) is 81.4 Å². The quantitative estimate of drug-likeness (QED) is 0.771. The third-order valence-corrected chi connectivity index (χ3v) is 3.01. The number of nitrogens with two attached hydrogens (primary N) is 1. The highest BCUT2D eigenvalue weighted by atomic mass is 16.5. The van der Waals surface area contributed by atoms with Gasteiger partial charge >= 0.3 is 0 Å². The monoisotopic (exact) mass is 298 g/mol. The third-order valence-electron chi connectivity index (χ3n) is 3.01. The van der Waals surface area contributed by atoms with Crippen LogP contribution >= 0.6 is 0 Å². The van der Waals surface area contributed by atoms with E-state index in [0.29, 0.717) is 30.7 Å². The summed E-state index contributed by atoms with van der Waals surface area (Å²) in [5.41, 5.74) is 6.20. The molecule has 0 aliphatic rings. The van der Waals surface area contributed by atoms with Crippen molar-refractivity contribution in [2.24, 2.45) is 5.73 Å². The molecule has 22 heavy (non-hydrogen) atoms. The fraction of sp³-hybridized carbons (Fsp3) is 0.176. The molecule has 0 saturated carbocycles. The van der Waals surface area contributed by atoms with Gasteiger partial charge in [-0.3, -0.25) is 9.59 Å². The van der Waals surface area contributed by atoms with Crippen molar-refractivity contribution in [3.8, 4) is 5.75 Å². The van der Waals surface area contributed by atoms with Gasteiger partial charge in [-0.2, -0.15) is 0 Å². The largest absolute Gasteiger partial charge is 0.494 e. The minimum Gasteiger partial charge on any atom is -0.494 e. The van der Waals surface area contributed by atoms with E-state index in [2.05, 4.69) is 5.32 Å². The van der Waals surface area contributed by atoms with Crippen molar-refractivity contribution in [1.82, 2.24) is 0 Å². The molecule has 2 aromatic carbocycles. The van der Waals surface area contributed by atoms with Crippen LogP contribution in [-0.2, 0) is 4.79 Å². The summed E-state index contributed by atoms with van der Waals surface area (Å²) in [5, 5.41) is 2.76. The van der Waals surface area contributed by atoms with Crippen molar-refractivity contribution in [3.05, 3.63) is 60.2 Å². The van der Waals surface area contributed by atoms with Gasteiger partial charge in [0.2, 0.25) is 11.8 Å². The first kappa shape index (κ1) is 15.6. The number of primary amides is 1. The standard InChI is InChI=1S/C17H18N2O3/c18-17(21)13-8-10-14(11-9-13)19-16(20)7-4-12-22-15-5-2-1-3-6-15/h1-3,5-6,8-11H,4,7,12H2,(H2,18,21)(H,19,20). The first-order valence-corrected chi connectivity index (χ1v) is 7.03. The number of amides is 2. The average molecular weight is 298 g/mol. The van der Waals surface area contributed by atoms with Gasteiger partial charge in [-0.05, 0) is 42.8 Å². The molecule has 0 aliphatic heterocycles. The Morgan fingerprint density at radius 3 is 2.32 bits per heavy atom. The zero-order valence-electron chi connectivity index (χ0n) is 12.1. The molecular formula is C17H18N2O3. The summed E-state index contributed by atoms with van der Waals surface area (Å²) < 4.78 is 5.52. The normalized spacial score (nSPS) is 10.0. The van der Waals surface area contributed by atoms with Gasteiger partial charge in [0.15, 0.2) is 0 Å². The molecule has 0 radical (unpaired) electrons. The molecule has 0 atom stereocenters. The lowest BCUT2D eigenvalue weighted by atomic mass is 10.2. The van der Waals surface area contributed by atoms with Gasteiger partial charge in [0.05, 0.1) is 6.61 Å². The minimum atomic E-state index is -0.490. The van der Waals surface area contributed by atoms with Crippen LogP contribution in [0.15, 0.2) is 54.6 Å². The zero-order chi connectivity index (χ0) is 15.8. The van der Waals surface area contributed by atoms with E-state index >= 15 is 0 Å². The Labute approximate surface area is 129 Å². The average Bonchev–Trinajstić information content (AvgIpc) is 2.53. The summed E-state index contributed by atoms with van der Waals surface area (Å²) in [6, 6.07) is 15.9. The second-order valence-corrected chi connectivity index (χ2v) is 4.75. The molecule has 0 fully saturated rings. The summed E-state index contributed by atoms with van der Waals surface area (Å²) in [5.74, 6) is 0.212. The molecule has 0 aromatic heterocycles. The highest BCUT2D eigenvalue weighted by molar-refractivity contribution is 5.94. The van der Waals surface area contributed by atoms with E-state index in [1.54, 1.807) is 24.3 Å². The van der Waals surface area contributed by atoms with Crippen LogP contribution in [0.2, 0.25) is 0 Å². The number of hydrogen-bond donors (Lipinski definition) is 2. The first-order chi connectivity index (χ1) is 10.6. The molecule has 0 heterocycles. The SMILES string of the molecule is NC(=O)c1ccc(NC(=O)CCCOc2ccccc2)cc1. The molecule has 0 aliphatic carbocycles. The molecule has 2 amide bonds. The summed E-state index contributed by atoms with van der Waals surface area (Å²) >= 11 is 0. The van der Waals surface area contributed by atoms with Crippen molar-refractivity contribution in [3.63, 3.8) is 0 Å². The molecule has 5 nitrogen and oxygen atoms in total. The first-order valence-electron chi connectivity index (χ1n) is 7.03. The summed E-state index contributed by atoms with van der Waals surface area (Å²) in [4.78, 5) is 22.7. The second-order valence-electron chi connectivity index (χ2n) is 4.75. The van der Waals surface area contributed by atoms with Gasteiger partial charge in [0.25, 0.3) is 0 Å². The van der Waals surface area contributed by atoms with Crippen LogP contribution in [0.25, 0.3) is 0 Å². The van der Waals surface area contributed by atoms with Gasteiger partial charge < -0.3 is 15.8 Å². The lowest BCUT2D eigenvalue weighted by Crippen LogP contribution is -2.14. The highest BCUT2D eigenvalue weighted by Crippen LogP contribution is 2.11. The maximum Gasteiger partial charge on any atom is 0.248 e. The van der Waals surface area contributed by atoms with Crippen LogP contribution in [0.3, 0.4) is 0 Å². The van der Waals surface area contributed by atoms with Crippen molar-refractivity contribution >= 4 is 17.5 Å². The second kappa shape index (κ2) is 7.83. The molecule has 5 heteroatoms. The Morgan fingerprint density at radius 1 is 1.00 bits per heavy atom. The Hall–Kier alpha value is -2.82. The third kappa shape index (κ3) is 4.94. The number of nitrogens with one attached hydrogen (secondary N) is 1. The van der Waals surface area contributed by atoms with E-state index in [0.717, 1.165) is 5.75 Å². The van der Waals surface area contributed by atoms with Crippen molar-refractivity contribution < 1.29 is 14.3 Å². The molecule has 0 saturated heterocycles. The Morgan fingerprint density at radius 2 is 1.68 bits per heavy atom. The number of para-hydroxylation sites is 1. The zero-order valence-corrected chi connectivity index (χ0v) is 12.1. The van der Waals surface area contributed by atoms with Crippen LogP contribution in [-0.4, -0.2) is 18.4 Å². The molecule has 2 rings (SSSR count). The van der Waals surface area contributed by atoms with Crippen molar-refractivity contribution in [1.29, 1.82) is 0 Å². The van der Waals surface area contributed by atoms with Crippen LogP contribution in [0.4, 0.5) is 5.69 Å². The molecule has 114 valence electrons. The summed E-state index contributed by atoms with van der Waals surface area (Å²) in [6.07, 6.45) is 0.991. The maximum atomic E-state index is 11.8. The molecule has 0 unspecified atom stereocenters. The molecule has 2 aromatic rings. The van der Waals surface area contributed by atoms with E-state index in [9.17, 15) is 9.59 Å². The Bertz CT molecular complexity index is 624. The van der Waals surface area contributed by atoms with Gasteiger partial charge in [0.1, 0.15) is 5.75 Å². The van der Waals surface area contributed by atoms with Crippen LogP contribution in [0, 0.1) is 0 Å². The van der Waals surface area contributed by atoms with Crippen LogP contribution in [0.5, 0.6) is 5.75 Å². The smallest absolute Gasteiger partial charge is 0.248 e. The number of rotatable bonds is 7. The Kier molecular flexibility index (Phi) is 5.54. The van der Waals surface area contributed by atoms with Crippen molar-refractivity contribution in [2.45, 2.75) is 12.8 Å². The van der Waals surface area contributed by atoms with Gasteiger partial charge in [-0.1, -0.05) is 18.2 Å². The van der Waals surface area contributed by atoms with Crippen LogP contribution in [0.1, 0.15) is 23.2 Å². The summed E-state index contributed by atoms with van der Waals surface area (Å²) in [6.45, 7) is 0.484.